The Labute approximate surface area is 106 Å². The molecule has 0 aromatic heterocycles. The summed E-state index contributed by atoms with van der Waals surface area (Å²) in [5.41, 5.74) is 11.3. The molecule has 1 rings (SSSR count). The molecule has 0 radical (unpaired) electrons. The summed E-state index contributed by atoms with van der Waals surface area (Å²) in [5.74, 6) is 0. The van der Waals surface area contributed by atoms with Crippen LogP contribution in [0, 0.1) is 0 Å². The van der Waals surface area contributed by atoms with E-state index in [-0.39, 0.29) is 18.3 Å². The number of nitrogens with two attached hydrogens (primary N) is 2. The second kappa shape index (κ2) is 9.79. The lowest BCUT2D eigenvalue weighted by Crippen LogP contribution is -2.48. The molecule has 0 bridgehead atoms. The van der Waals surface area contributed by atoms with Gasteiger partial charge in [0, 0.05) is 19.1 Å². The van der Waals surface area contributed by atoms with Crippen molar-refractivity contribution >= 4 is 0 Å². The zero-order chi connectivity index (χ0) is 13.3. The van der Waals surface area contributed by atoms with E-state index in [1.54, 1.807) is 0 Å². The summed E-state index contributed by atoms with van der Waals surface area (Å²) in [6.07, 6.45) is 2.48. The van der Waals surface area contributed by atoms with Crippen molar-refractivity contribution in [1.29, 1.82) is 0 Å². The average Bonchev–Trinajstić information content (AvgIpc) is 2.38. The van der Waals surface area contributed by atoms with Gasteiger partial charge in [-0.25, -0.2) is 0 Å². The Morgan fingerprint density at radius 2 is 1.94 bits per heavy atom. The summed E-state index contributed by atoms with van der Waals surface area (Å²) in [7, 11) is 3.96. The van der Waals surface area contributed by atoms with Crippen LogP contribution >= 0.6 is 0 Å². The maximum absolute atomic E-state index is 5.78. The highest BCUT2D eigenvalue weighted by atomic mass is 16.5. The molecule has 3 unspecified atom stereocenters. The standard InChI is InChI=1S/C7H16N2O.C5H14N2/c1-2-6(8)7-5-9-3-4-10-7;1-4-5(6)7(2)3/h6-7,9H,2-5,8H2,1H3;5H,4,6H2,1-3H3. The quantitative estimate of drug-likeness (QED) is 0.607. The molecular weight excluding hydrogens is 216 g/mol. The van der Waals surface area contributed by atoms with Crippen LogP contribution in [0.15, 0.2) is 0 Å². The molecule has 0 spiro atoms. The van der Waals surface area contributed by atoms with Gasteiger partial charge in [0.05, 0.1) is 18.9 Å². The third-order valence-corrected chi connectivity index (χ3v) is 2.99. The number of nitrogens with one attached hydrogen (secondary N) is 1. The first-order chi connectivity index (χ1) is 8.02. The number of ether oxygens (including phenoxy) is 1. The Hall–Kier alpha value is -0.200. The number of morpholine rings is 1. The van der Waals surface area contributed by atoms with Crippen molar-refractivity contribution in [2.24, 2.45) is 11.5 Å². The molecule has 1 heterocycles. The summed E-state index contributed by atoms with van der Waals surface area (Å²) in [6, 6.07) is 0.202. The lowest BCUT2D eigenvalue weighted by Gasteiger charge is -2.27. The normalized spacial score (nSPS) is 23.8. The molecule has 0 aliphatic carbocycles. The summed E-state index contributed by atoms with van der Waals surface area (Å²) in [4.78, 5) is 2.00. The van der Waals surface area contributed by atoms with Crippen molar-refractivity contribution < 1.29 is 4.74 Å². The Morgan fingerprint density at radius 3 is 2.24 bits per heavy atom. The van der Waals surface area contributed by atoms with Crippen molar-refractivity contribution in [3.63, 3.8) is 0 Å². The van der Waals surface area contributed by atoms with E-state index < -0.39 is 0 Å². The fraction of sp³-hybridized carbons (Fsp3) is 1.00. The van der Waals surface area contributed by atoms with Gasteiger partial charge in [-0.1, -0.05) is 13.8 Å². The predicted octanol–water partition coefficient (Wildman–Crippen LogP) is -0.0451. The first-order valence-corrected chi connectivity index (χ1v) is 6.52. The van der Waals surface area contributed by atoms with E-state index in [1.165, 1.54) is 0 Å². The molecule has 5 heteroatoms. The first-order valence-electron chi connectivity index (χ1n) is 6.52. The van der Waals surface area contributed by atoms with Crippen LogP contribution in [0.1, 0.15) is 26.7 Å². The molecule has 1 aliphatic rings. The Bertz CT molecular complexity index is 172. The van der Waals surface area contributed by atoms with Crippen LogP contribution in [0.25, 0.3) is 0 Å². The van der Waals surface area contributed by atoms with Crippen LogP contribution in [0.2, 0.25) is 0 Å². The molecule has 17 heavy (non-hydrogen) atoms. The van der Waals surface area contributed by atoms with Gasteiger partial charge < -0.3 is 21.5 Å². The summed E-state index contributed by atoms with van der Waals surface area (Å²) < 4.78 is 5.44. The molecule has 5 N–H and O–H groups in total. The Morgan fingerprint density at radius 1 is 1.29 bits per heavy atom. The van der Waals surface area contributed by atoms with E-state index in [0.29, 0.717) is 0 Å². The summed E-state index contributed by atoms with van der Waals surface area (Å²) in [5, 5.41) is 3.25. The molecular formula is C12H30N4O. The molecule has 3 atom stereocenters. The van der Waals surface area contributed by atoms with Gasteiger partial charge in [0.25, 0.3) is 0 Å². The lowest BCUT2D eigenvalue weighted by molar-refractivity contribution is 0.0120. The summed E-state index contributed by atoms with van der Waals surface area (Å²) in [6.45, 7) is 6.84. The topological polar surface area (TPSA) is 76.5 Å². The molecule has 1 saturated heterocycles. The number of nitrogens with zero attached hydrogens (tertiary/aromatic N) is 1. The monoisotopic (exact) mass is 246 g/mol. The predicted molar refractivity (Wildman–Crippen MR) is 72.8 cm³/mol. The molecule has 104 valence electrons. The third kappa shape index (κ3) is 7.68. The van der Waals surface area contributed by atoms with Crippen LogP contribution < -0.4 is 16.8 Å². The molecule has 1 fully saturated rings. The van der Waals surface area contributed by atoms with Gasteiger partial charge in [-0.2, -0.15) is 0 Å². The first kappa shape index (κ1) is 16.8. The van der Waals surface area contributed by atoms with Crippen LogP contribution in [-0.2, 0) is 4.74 Å². The second-order valence-electron chi connectivity index (χ2n) is 4.62. The largest absolute Gasteiger partial charge is 0.374 e. The van der Waals surface area contributed by atoms with E-state index >= 15 is 0 Å². The molecule has 1 aliphatic heterocycles. The van der Waals surface area contributed by atoms with Gasteiger partial charge in [0.1, 0.15) is 0 Å². The molecule has 0 aromatic carbocycles. The zero-order valence-corrected chi connectivity index (χ0v) is 11.8. The Kier molecular flexibility index (Phi) is 9.68. The Balaban J connectivity index is 0.000000325. The van der Waals surface area contributed by atoms with E-state index in [2.05, 4.69) is 19.2 Å². The smallest absolute Gasteiger partial charge is 0.0850 e. The molecule has 0 amide bonds. The third-order valence-electron chi connectivity index (χ3n) is 2.99. The SMILES string of the molecule is CCC(N)C1CNCCO1.CCC(N)N(C)C. The van der Waals surface area contributed by atoms with Gasteiger partial charge >= 0.3 is 0 Å². The van der Waals surface area contributed by atoms with Gasteiger partial charge in [-0.05, 0) is 26.9 Å². The number of hydrogen-bond donors (Lipinski definition) is 3. The van der Waals surface area contributed by atoms with Gasteiger partial charge in [0.15, 0.2) is 0 Å². The van der Waals surface area contributed by atoms with Crippen LogP contribution in [0.5, 0.6) is 0 Å². The molecule has 0 aromatic rings. The highest BCUT2D eigenvalue weighted by Gasteiger charge is 2.18. The van der Waals surface area contributed by atoms with E-state index in [4.69, 9.17) is 16.2 Å². The van der Waals surface area contributed by atoms with Crippen molar-refractivity contribution in [2.75, 3.05) is 33.8 Å². The number of rotatable bonds is 4. The maximum Gasteiger partial charge on any atom is 0.0850 e. The van der Waals surface area contributed by atoms with E-state index in [0.717, 1.165) is 32.5 Å². The second-order valence-corrected chi connectivity index (χ2v) is 4.62. The molecule has 5 nitrogen and oxygen atoms in total. The number of hydrogen-bond acceptors (Lipinski definition) is 5. The molecule has 0 saturated carbocycles. The van der Waals surface area contributed by atoms with Crippen LogP contribution in [-0.4, -0.2) is 57.0 Å². The average molecular weight is 246 g/mol. The van der Waals surface area contributed by atoms with Crippen molar-refractivity contribution in [2.45, 2.75) is 45.0 Å². The summed E-state index contributed by atoms with van der Waals surface area (Å²) >= 11 is 0. The maximum atomic E-state index is 5.78. The lowest BCUT2D eigenvalue weighted by atomic mass is 10.1. The minimum atomic E-state index is 0.202. The minimum Gasteiger partial charge on any atom is -0.374 e. The van der Waals surface area contributed by atoms with Crippen LogP contribution in [0.4, 0.5) is 0 Å². The van der Waals surface area contributed by atoms with Crippen molar-refractivity contribution in [3.05, 3.63) is 0 Å². The fourth-order valence-electron chi connectivity index (χ4n) is 1.49. The fourth-order valence-corrected chi connectivity index (χ4v) is 1.49. The van der Waals surface area contributed by atoms with Crippen molar-refractivity contribution in [1.82, 2.24) is 10.2 Å². The van der Waals surface area contributed by atoms with E-state index in [1.807, 2.05) is 19.0 Å². The van der Waals surface area contributed by atoms with Gasteiger partial charge in [-0.15, -0.1) is 0 Å². The van der Waals surface area contributed by atoms with Gasteiger partial charge in [0.2, 0.25) is 0 Å². The van der Waals surface area contributed by atoms with Crippen molar-refractivity contribution in [3.8, 4) is 0 Å². The zero-order valence-electron chi connectivity index (χ0n) is 11.8. The highest BCUT2D eigenvalue weighted by Crippen LogP contribution is 2.02. The van der Waals surface area contributed by atoms with Gasteiger partial charge in [-0.3, -0.25) is 4.90 Å². The highest BCUT2D eigenvalue weighted by molar-refractivity contribution is 4.76. The van der Waals surface area contributed by atoms with Crippen LogP contribution in [0.3, 0.4) is 0 Å². The minimum absolute atomic E-state index is 0.202. The van der Waals surface area contributed by atoms with E-state index in [9.17, 15) is 0 Å².